The first-order valence-corrected chi connectivity index (χ1v) is 8.19. The topological polar surface area (TPSA) is 84.7 Å². The minimum absolute atomic E-state index is 0.0796. The third-order valence-corrected chi connectivity index (χ3v) is 4.08. The minimum atomic E-state index is -4.46. The van der Waals surface area contributed by atoms with Gasteiger partial charge in [-0.05, 0) is 35.8 Å². The summed E-state index contributed by atoms with van der Waals surface area (Å²) < 4.78 is 39.8. The number of primary amides is 1. The van der Waals surface area contributed by atoms with Crippen molar-refractivity contribution in [1.29, 1.82) is 0 Å². The van der Waals surface area contributed by atoms with Crippen molar-refractivity contribution in [1.82, 2.24) is 15.0 Å². The summed E-state index contributed by atoms with van der Waals surface area (Å²) in [5, 5.41) is 0. The fourth-order valence-corrected chi connectivity index (χ4v) is 2.65. The van der Waals surface area contributed by atoms with Crippen LogP contribution in [0.3, 0.4) is 0 Å². The van der Waals surface area contributed by atoms with E-state index >= 15 is 0 Å². The highest BCUT2D eigenvalue weighted by atomic mass is 19.4. The summed E-state index contributed by atoms with van der Waals surface area (Å²) in [6, 6.07) is 3.89. The first-order chi connectivity index (χ1) is 12.6. The van der Waals surface area contributed by atoms with E-state index in [1.165, 1.54) is 18.3 Å². The van der Waals surface area contributed by atoms with Crippen LogP contribution in [0.4, 0.5) is 13.2 Å². The molecule has 0 unspecified atom stereocenters. The molecule has 0 aliphatic carbocycles. The molecule has 1 aromatic carbocycles. The van der Waals surface area contributed by atoms with Gasteiger partial charge < -0.3 is 10.7 Å². The molecule has 0 aliphatic rings. The Morgan fingerprint density at radius 2 is 2.00 bits per heavy atom. The molecule has 0 atom stereocenters. The summed E-state index contributed by atoms with van der Waals surface area (Å²) in [6.07, 6.45) is 1.21. The number of nitrogens with one attached hydrogen (secondary N) is 1. The predicted molar refractivity (Wildman–Crippen MR) is 96.6 cm³/mol. The summed E-state index contributed by atoms with van der Waals surface area (Å²) in [7, 11) is 0. The van der Waals surface area contributed by atoms with E-state index in [2.05, 4.69) is 15.0 Å². The molecule has 3 aromatic rings. The lowest BCUT2D eigenvalue weighted by Gasteiger charge is -2.14. The number of nitrogens with zero attached hydrogens (tertiary/aromatic N) is 2. The van der Waals surface area contributed by atoms with E-state index in [0.717, 1.165) is 12.1 Å². The van der Waals surface area contributed by atoms with Gasteiger partial charge in [-0.15, -0.1) is 0 Å². The molecule has 0 bridgehead atoms. The van der Waals surface area contributed by atoms with Crippen LogP contribution in [0.25, 0.3) is 28.5 Å². The number of carbonyl (C=O) groups is 1. The van der Waals surface area contributed by atoms with Gasteiger partial charge in [0, 0.05) is 23.4 Å². The van der Waals surface area contributed by atoms with Gasteiger partial charge in [-0.25, -0.2) is 9.97 Å². The average Bonchev–Trinajstić information content (AvgIpc) is 3.01. The van der Waals surface area contributed by atoms with Gasteiger partial charge in [-0.2, -0.15) is 13.2 Å². The van der Waals surface area contributed by atoms with Crippen LogP contribution in [-0.4, -0.2) is 20.9 Å². The lowest BCUT2D eigenvalue weighted by Crippen LogP contribution is -2.07. The Hall–Kier alpha value is -3.16. The van der Waals surface area contributed by atoms with Crippen LogP contribution >= 0.6 is 0 Å². The molecule has 0 aliphatic heterocycles. The van der Waals surface area contributed by atoms with E-state index in [9.17, 15) is 18.0 Å². The standard InChI is InChI=1S/C19H17F3N4O/c1-10(2)12-5-13(7-14(6-12)19(20,21)22)15-9-25-18-17(26-15)11(8-24-18)3-4-16(23)27/h3-10H,1-2H3,(H2,23,27)(H,24,25). The molecule has 1 amide bonds. The molecule has 3 N–H and O–H groups in total. The van der Waals surface area contributed by atoms with Gasteiger partial charge in [0.1, 0.15) is 5.52 Å². The van der Waals surface area contributed by atoms with Gasteiger partial charge in [0.25, 0.3) is 0 Å². The van der Waals surface area contributed by atoms with Crippen LogP contribution in [0.1, 0.15) is 36.5 Å². The number of halogens is 3. The number of fused-ring (bicyclic) bond motifs is 1. The van der Waals surface area contributed by atoms with Gasteiger partial charge in [-0.3, -0.25) is 4.79 Å². The fraction of sp³-hybridized carbons (Fsp3) is 0.211. The Kier molecular flexibility index (Phi) is 4.73. The Morgan fingerprint density at radius 1 is 1.26 bits per heavy atom. The fourth-order valence-electron chi connectivity index (χ4n) is 2.65. The van der Waals surface area contributed by atoms with Crippen LogP contribution in [0, 0.1) is 0 Å². The van der Waals surface area contributed by atoms with Crippen molar-refractivity contribution in [3.8, 4) is 11.3 Å². The third-order valence-electron chi connectivity index (χ3n) is 4.08. The summed E-state index contributed by atoms with van der Waals surface area (Å²) >= 11 is 0. The van der Waals surface area contributed by atoms with Crippen LogP contribution in [0.15, 0.2) is 36.7 Å². The number of hydrogen-bond acceptors (Lipinski definition) is 3. The summed E-state index contributed by atoms with van der Waals surface area (Å²) in [6.45, 7) is 3.65. The lowest BCUT2D eigenvalue weighted by atomic mass is 9.96. The largest absolute Gasteiger partial charge is 0.416 e. The highest BCUT2D eigenvalue weighted by Crippen LogP contribution is 2.35. The molecule has 0 spiro atoms. The second-order valence-electron chi connectivity index (χ2n) is 6.43. The smallest absolute Gasteiger partial charge is 0.366 e. The molecule has 2 heterocycles. The van der Waals surface area contributed by atoms with E-state index in [1.807, 2.05) is 13.8 Å². The molecule has 8 heteroatoms. The highest BCUT2D eigenvalue weighted by molar-refractivity contribution is 5.93. The third kappa shape index (κ3) is 3.99. The summed E-state index contributed by atoms with van der Waals surface area (Å²) in [4.78, 5) is 22.5. The van der Waals surface area contributed by atoms with Gasteiger partial charge in [0.05, 0.1) is 17.5 Å². The molecule has 0 saturated heterocycles. The van der Waals surface area contributed by atoms with Gasteiger partial charge in [-0.1, -0.05) is 13.8 Å². The van der Waals surface area contributed by atoms with E-state index in [0.29, 0.717) is 33.5 Å². The van der Waals surface area contributed by atoms with Crippen LogP contribution in [0.5, 0.6) is 0 Å². The van der Waals surface area contributed by atoms with Crippen molar-refractivity contribution in [3.05, 3.63) is 53.4 Å². The number of aromatic nitrogens is 3. The maximum absolute atomic E-state index is 13.3. The molecule has 27 heavy (non-hydrogen) atoms. The number of carbonyl (C=O) groups excluding carboxylic acids is 1. The molecule has 140 valence electrons. The number of H-pyrrole nitrogens is 1. The molecular weight excluding hydrogens is 357 g/mol. The van der Waals surface area contributed by atoms with E-state index in [1.54, 1.807) is 12.3 Å². The second-order valence-corrected chi connectivity index (χ2v) is 6.43. The molecule has 2 aromatic heterocycles. The number of hydrogen-bond donors (Lipinski definition) is 2. The highest BCUT2D eigenvalue weighted by Gasteiger charge is 2.31. The van der Waals surface area contributed by atoms with Crippen molar-refractivity contribution in [2.24, 2.45) is 5.73 Å². The first-order valence-electron chi connectivity index (χ1n) is 8.19. The Morgan fingerprint density at radius 3 is 2.63 bits per heavy atom. The number of rotatable bonds is 4. The van der Waals surface area contributed by atoms with Gasteiger partial charge >= 0.3 is 6.18 Å². The number of alkyl halides is 3. The summed E-state index contributed by atoms with van der Waals surface area (Å²) in [5.74, 6) is -0.697. The first kappa shape index (κ1) is 18.6. The maximum atomic E-state index is 13.3. The van der Waals surface area contributed by atoms with Crippen LogP contribution in [-0.2, 0) is 11.0 Å². The van der Waals surface area contributed by atoms with Crippen molar-refractivity contribution in [2.75, 3.05) is 0 Å². The van der Waals surface area contributed by atoms with Crippen LogP contribution in [0.2, 0.25) is 0 Å². The zero-order chi connectivity index (χ0) is 19.8. The van der Waals surface area contributed by atoms with E-state index < -0.39 is 17.6 Å². The minimum Gasteiger partial charge on any atom is -0.366 e. The Labute approximate surface area is 153 Å². The van der Waals surface area contributed by atoms with Crippen molar-refractivity contribution in [3.63, 3.8) is 0 Å². The Bertz CT molecular complexity index is 1040. The number of amides is 1. The molecule has 3 rings (SSSR count). The molecule has 0 fully saturated rings. The lowest BCUT2D eigenvalue weighted by molar-refractivity contribution is -0.137. The van der Waals surface area contributed by atoms with Gasteiger partial charge in [0.2, 0.25) is 5.91 Å². The second kappa shape index (κ2) is 6.86. The number of aromatic amines is 1. The summed E-state index contributed by atoms with van der Waals surface area (Å²) in [5.41, 5.74) is 7.03. The van der Waals surface area contributed by atoms with E-state index in [-0.39, 0.29) is 5.92 Å². The SMILES string of the molecule is CC(C)c1cc(-c2cnc3[nH]cc(C=CC(N)=O)c3n2)cc(C(F)(F)F)c1. The van der Waals surface area contributed by atoms with Crippen LogP contribution < -0.4 is 5.73 Å². The number of nitrogens with two attached hydrogens (primary N) is 1. The maximum Gasteiger partial charge on any atom is 0.416 e. The predicted octanol–water partition coefficient (Wildman–Crippen LogP) is 4.27. The molecular formula is C19H17F3N4O. The van der Waals surface area contributed by atoms with E-state index in [4.69, 9.17) is 5.73 Å². The van der Waals surface area contributed by atoms with Gasteiger partial charge in [0.15, 0.2) is 5.65 Å². The normalized spacial score (nSPS) is 12.4. The van der Waals surface area contributed by atoms with Crippen molar-refractivity contribution < 1.29 is 18.0 Å². The monoisotopic (exact) mass is 374 g/mol. The zero-order valence-electron chi connectivity index (χ0n) is 14.6. The average molecular weight is 374 g/mol. The molecule has 0 saturated carbocycles. The quantitative estimate of drug-likeness (QED) is 0.669. The number of benzene rings is 1. The zero-order valence-corrected chi connectivity index (χ0v) is 14.6. The molecule has 0 radical (unpaired) electrons. The van der Waals surface area contributed by atoms with Crippen molar-refractivity contribution >= 4 is 23.1 Å². The molecule has 5 nitrogen and oxygen atoms in total. The Balaban J connectivity index is 2.15. The van der Waals surface area contributed by atoms with Crippen molar-refractivity contribution in [2.45, 2.75) is 25.9 Å².